The van der Waals surface area contributed by atoms with E-state index in [0.717, 1.165) is 37.1 Å². The Morgan fingerprint density at radius 2 is 2.25 bits per heavy atom. The van der Waals surface area contributed by atoms with E-state index in [-0.39, 0.29) is 18.5 Å². The molecule has 7 nitrogen and oxygen atoms in total. The van der Waals surface area contributed by atoms with Crippen LogP contribution in [-0.4, -0.2) is 46.8 Å². The number of anilines is 1. The minimum Gasteiger partial charge on any atom is -0.391 e. The van der Waals surface area contributed by atoms with Crippen LogP contribution in [0, 0.1) is 5.92 Å². The Morgan fingerprint density at radius 1 is 1.46 bits per heavy atom. The van der Waals surface area contributed by atoms with Gasteiger partial charge in [-0.05, 0) is 25.7 Å². The van der Waals surface area contributed by atoms with Crippen molar-refractivity contribution in [2.45, 2.75) is 57.6 Å². The van der Waals surface area contributed by atoms with Crippen molar-refractivity contribution in [2.24, 2.45) is 5.92 Å². The van der Waals surface area contributed by atoms with Crippen LogP contribution >= 0.6 is 0 Å². The van der Waals surface area contributed by atoms with Crippen molar-refractivity contribution in [3.8, 4) is 0 Å². The van der Waals surface area contributed by atoms with E-state index in [4.69, 9.17) is 4.74 Å². The number of hydrogen-bond acceptors (Lipinski definition) is 4. The molecule has 3 rings (SSSR count). The summed E-state index contributed by atoms with van der Waals surface area (Å²) in [7, 11) is 0. The van der Waals surface area contributed by atoms with Gasteiger partial charge >= 0.3 is 6.03 Å². The molecule has 2 amide bonds. The number of nitrogens with zero attached hydrogens (tertiary/aromatic N) is 2. The van der Waals surface area contributed by atoms with Crippen LogP contribution in [0.2, 0.25) is 0 Å². The summed E-state index contributed by atoms with van der Waals surface area (Å²) in [6.45, 7) is 3.57. The van der Waals surface area contributed by atoms with Gasteiger partial charge in [-0.25, -0.2) is 4.79 Å². The molecule has 3 N–H and O–H groups in total. The van der Waals surface area contributed by atoms with Crippen LogP contribution in [0.3, 0.4) is 0 Å². The van der Waals surface area contributed by atoms with Crippen molar-refractivity contribution in [1.29, 1.82) is 0 Å². The smallest absolute Gasteiger partial charge is 0.319 e. The van der Waals surface area contributed by atoms with Gasteiger partial charge in [0, 0.05) is 19.1 Å². The molecular formula is C17H28N4O3. The molecule has 1 aliphatic carbocycles. The predicted octanol–water partition coefficient (Wildman–Crippen LogP) is 2.08. The third-order valence-electron chi connectivity index (χ3n) is 5.13. The first-order valence-corrected chi connectivity index (χ1v) is 9.06. The van der Waals surface area contributed by atoms with Gasteiger partial charge in [0.25, 0.3) is 0 Å². The summed E-state index contributed by atoms with van der Waals surface area (Å²) in [4.78, 5) is 12.1. The molecule has 2 aliphatic rings. The summed E-state index contributed by atoms with van der Waals surface area (Å²) in [5, 5.41) is 20.2. The van der Waals surface area contributed by atoms with E-state index in [2.05, 4.69) is 27.3 Å². The second-order valence-corrected chi connectivity index (χ2v) is 6.77. The molecule has 0 bridgehead atoms. The normalized spacial score (nSPS) is 22.7. The summed E-state index contributed by atoms with van der Waals surface area (Å²) in [6.07, 6.45) is 7.67. The number of aliphatic hydroxyl groups excluding tert-OH is 1. The lowest BCUT2D eigenvalue weighted by Crippen LogP contribution is -2.38. The molecule has 2 fully saturated rings. The van der Waals surface area contributed by atoms with Gasteiger partial charge in [0.05, 0.1) is 36.3 Å². The lowest BCUT2D eigenvalue weighted by molar-refractivity contribution is 0.0928. The number of carbonyl (C=O) groups excluding carboxylic acids is 1. The highest BCUT2D eigenvalue weighted by Crippen LogP contribution is 2.32. The fourth-order valence-corrected chi connectivity index (χ4v) is 3.69. The molecule has 1 saturated heterocycles. The molecule has 1 saturated carbocycles. The second kappa shape index (κ2) is 7.98. The summed E-state index contributed by atoms with van der Waals surface area (Å²) in [5.74, 6) is 0.113. The third-order valence-corrected chi connectivity index (χ3v) is 5.13. The Labute approximate surface area is 142 Å². The molecule has 1 aliphatic heterocycles. The van der Waals surface area contributed by atoms with E-state index in [1.165, 1.54) is 12.8 Å². The molecule has 1 aromatic heterocycles. The summed E-state index contributed by atoms with van der Waals surface area (Å²) in [6, 6.07) is 0.163. The molecule has 7 heteroatoms. The second-order valence-electron chi connectivity index (χ2n) is 6.77. The highest BCUT2D eigenvalue weighted by molar-refractivity contribution is 5.89. The number of aromatic nitrogens is 2. The van der Waals surface area contributed by atoms with Crippen molar-refractivity contribution in [1.82, 2.24) is 15.1 Å². The first-order chi connectivity index (χ1) is 11.7. The van der Waals surface area contributed by atoms with Crippen LogP contribution in [0.5, 0.6) is 0 Å². The fourth-order valence-electron chi connectivity index (χ4n) is 3.69. The molecular weight excluding hydrogens is 308 g/mol. The summed E-state index contributed by atoms with van der Waals surface area (Å²) >= 11 is 0. The number of hydrogen-bond donors (Lipinski definition) is 3. The first kappa shape index (κ1) is 17.2. The molecule has 0 spiro atoms. The van der Waals surface area contributed by atoms with Crippen molar-refractivity contribution >= 4 is 11.7 Å². The van der Waals surface area contributed by atoms with E-state index in [0.29, 0.717) is 19.3 Å². The zero-order valence-corrected chi connectivity index (χ0v) is 14.3. The standard InChI is InChI=1S/C17H28N4O3/c1-2-15-14(9-19-21(15)13-5-3-4-6-13)20-17(23)18-10-16(22)12-7-8-24-11-12/h9,12-13,16,22H,2-8,10-11H2,1H3,(H2,18,20,23). The summed E-state index contributed by atoms with van der Waals surface area (Å²) in [5.41, 5.74) is 1.84. The van der Waals surface area contributed by atoms with Crippen LogP contribution in [0.1, 0.15) is 50.8 Å². The monoisotopic (exact) mass is 336 g/mol. The molecule has 1 aromatic rings. The van der Waals surface area contributed by atoms with E-state index in [9.17, 15) is 9.90 Å². The van der Waals surface area contributed by atoms with Crippen LogP contribution in [-0.2, 0) is 11.2 Å². The Kier molecular flexibility index (Phi) is 5.73. The van der Waals surface area contributed by atoms with Gasteiger partial charge in [-0.15, -0.1) is 0 Å². The van der Waals surface area contributed by atoms with Gasteiger partial charge in [-0.1, -0.05) is 19.8 Å². The Balaban J connectivity index is 1.54. The van der Waals surface area contributed by atoms with Crippen LogP contribution < -0.4 is 10.6 Å². The maximum absolute atomic E-state index is 12.1. The quantitative estimate of drug-likeness (QED) is 0.742. The van der Waals surface area contributed by atoms with E-state index >= 15 is 0 Å². The minimum absolute atomic E-state index is 0.113. The van der Waals surface area contributed by atoms with Gasteiger partial charge in [-0.2, -0.15) is 5.10 Å². The van der Waals surface area contributed by atoms with Gasteiger partial charge in [-0.3, -0.25) is 4.68 Å². The molecule has 0 radical (unpaired) electrons. The topological polar surface area (TPSA) is 88.4 Å². The maximum atomic E-state index is 12.1. The van der Waals surface area contributed by atoms with Crippen molar-refractivity contribution in [3.05, 3.63) is 11.9 Å². The average molecular weight is 336 g/mol. The molecule has 2 unspecified atom stereocenters. The summed E-state index contributed by atoms with van der Waals surface area (Å²) < 4.78 is 7.34. The Bertz CT molecular complexity index is 548. The van der Waals surface area contributed by atoms with E-state index < -0.39 is 6.10 Å². The van der Waals surface area contributed by atoms with Crippen LogP contribution in [0.4, 0.5) is 10.5 Å². The first-order valence-electron chi connectivity index (χ1n) is 9.06. The average Bonchev–Trinajstić information content (AvgIpc) is 3.31. The largest absolute Gasteiger partial charge is 0.391 e. The lowest BCUT2D eigenvalue weighted by atomic mass is 10.0. The van der Waals surface area contributed by atoms with Crippen molar-refractivity contribution in [2.75, 3.05) is 25.1 Å². The SMILES string of the molecule is CCc1c(NC(=O)NCC(O)C2CCOC2)cnn1C1CCCC1. The van der Waals surface area contributed by atoms with Crippen molar-refractivity contribution in [3.63, 3.8) is 0 Å². The molecule has 24 heavy (non-hydrogen) atoms. The van der Waals surface area contributed by atoms with E-state index in [1.54, 1.807) is 6.20 Å². The highest BCUT2D eigenvalue weighted by Gasteiger charge is 2.25. The van der Waals surface area contributed by atoms with Crippen molar-refractivity contribution < 1.29 is 14.6 Å². The maximum Gasteiger partial charge on any atom is 0.319 e. The van der Waals surface area contributed by atoms with Crippen LogP contribution in [0.25, 0.3) is 0 Å². The zero-order valence-electron chi connectivity index (χ0n) is 14.3. The molecule has 134 valence electrons. The van der Waals surface area contributed by atoms with Gasteiger partial charge in [0.2, 0.25) is 0 Å². The van der Waals surface area contributed by atoms with E-state index in [1.807, 2.05) is 0 Å². The predicted molar refractivity (Wildman–Crippen MR) is 91.1 cm³/mol. The number of amides is 2. The molecule has 0 aromatic carbocycles. The Hall–Kier alpha value is -1.60. The molecule has 2 atom stereocenters. The number of ether oxygens (including phenoxy) is 1. The Morgan fingerprint density at radius 3 is 2.92 bits per heavy atom. The fraction of sp³-hybridized carbons (Fsp3) is 0.765. The number of carbonyl (C=O) groups is 1. The molecule has 2 heterocycles. The number of nitrogens with one attached hydrogen (secondary N) is 2. The number of aliphatic hydroxyl groups is 1. The minimum atomic E-state index is -0.565. The van der Waals surface area contributed by atoms with Crippen LogP contribution in [0.15, 0.2) is 6.20 Å². The zero-order chi connectivity index (χ0) is 16.9. The van der Waals surface area contributed by atoms with Gasteiger partial charge in [0.15, 0.2) is 0 Å². The highest BCUT2D eigenvalue weighted by atomic mass is 16.5. The number of urea groups is 1. The number of rotatable bonds is 6. The third kappa shape index (κ3) is 3.89. The van der Waals surface area contributed by atoms with Gasteiger partial charge in [0.1, 0.15) is 0 Å². The van der Waals surface area contributed by atoms with Gasteiger partial charge < -0.3 is 20.5 Å². The lowest BCUT2D eigenvalue weighted by Gasteiger charge is -2.17.